The van der Waals surface area contributed by atoms with E-state index < -0.39 is 0 Å². The van der Waals surface area contributed by atoms with Gasteiger partial charge in [0.05, 0.1) is 5.56 Å². The zero-order valence-electron chi connectivity index (χ0n) is 12.4. The number of hydrogen-bond acceptors (Lipinski definition) is 4. The van der Waals surface area contributed by atoms with E-state index in [9.17, 15) is 0 Å². The minimum atomic E-state index is -0.0282. The van der Waals surface area contributed by atoms with Crippen LogP contribution in [0.4, 0.5) is 0 Å². The molecule has 0 saturated heterocycles. The highest BCUT2D eigenvalue weighted by atomic mass is 16.5. The lowest BCUT2D eigenvalue weighted by Gasteiger charge is -2.15. The van der Waals surface area contributed by atoms with Crippen LogP contribution in [0.1, 0.15) is 36.6 Å². The van der Waals surface area contributed by atoms with Gasteiger partial charge in [-0.1, -0.05) is 37.2 Å². The van der Waals surface area contributed by atoms with Crippen molar-refractivity contribution in [1.29, 1.82) is 0 Å². The maximum absolute atomic E-state index is 8.87. The van der Waals surface area contributed by atoms with E-state index in [0.29, 0.717) is 17.4 Å². The first kappa shape index (κ1) is 14.8. The quantitative estimate of drug-likeness (QED) is 0.390. The summed E-state index contributed by atoms with van der Waals surface area (Å²) in [7, 11) is 0. The van der Waals surface area contributed by atoms with Crippen molar-refractivity contribution < 1.29 is 9.94 Å². The zero-order chi connectivity index (χ0) is 15.4. The average Bonchev–Trinajstić information content (AvgIpc) is 2.47. The van der Waals surface area contributed by atoms with Crippen molar-refractivity contribution in [2.24, 2.45) is 10.9 Å². The number of rotatable bonds is 4. The van der Waals surface area contributed by atoms with E-state index in [2.05, 4.69) is 24.0 Å². The number of nitrogens with two attached hydrogens (primary N) is 1. The standard InChI is InChI=1S/C16H19N3O2/c1-10(2)12-6-4-5-7-14(12)21-16-13(15(17)19-20)9-8-11(3)18-16/h4-10,20H,1-3H3,(H2,17,19). The SMILES string of the molecule is Cc1ccc(C(N)=NO)c(Oc2ccccc2C(C)C)n1. The normalized spacial score (nSPS) is 11.7. The maximum atomic E-state index is 8.87. The number of hydrogen-bond donors (Lipinski definition) is 2. The average molecular weight is 285 g/mol. The fourth-order valence-electron chi connectivity index (χ4n) is 2.01. The van der Waals surface area contributed by atoms with Gasteiger partial charge < -0.3 is 15.7 Å². The van der Waals surface area contributed by atoms with E-state index in [4.69, 9.17) is 15.7 Å². The Bertz CT molecular complexity index is 666. The number of aryl methyl sites for hydroxylation is 1. The molecule has 0 atom stereocenters. The van der Waals surface area contributed by atoms with Crippen LogP contribution in [0.15, 0.2) is 41.6 Å². The summed E-state index contributed by atoms with van der Waals surface area (Å²) in [6.07, 6.45) is 0. The lowest BCUT2D eigenvalue weighted by atomic mass is 10.0. The van der Waals surface area contributed by atoms with Crippen molar-refractivity contribution >= 4 is 5.84 Å². The summed E-state index contributed by atoms with van der Waals surface area (Å²) in [5.74, 6) is 1.34. The Morgan fingerprint density at radius 1 is 1.24 bits per heavy atom. The summed E-state index contributed by atoms with van der Waals surface area (Å²) in [5.41, 5.74) is 8.00. The molecule has 0 spiro atoms. The number of amidine groups is 1. The van der Waals surface area contributed by atoms with Crippen molar-refractivity contribution in [2.45, 2.75) is 26.7 Å². The second-order valence-electron chi connectivity index (χ2n) is 5.09. The maximum Gasteiger partial charge on any atom is 0.230 e. The highest BCUT2D eigenvalue weighted by molar-refractivity contribution is 5.99. The molecule has 0 saturated carbocycles. The van der Waals surface area contributed by atoms with Gasteiger partial charge in [-0.3, -0.25) is 0 Å². The lowest BCUT2D eigenvalue weighted by Crippen LogP contribution is -2.15. The molecule has 2 aromatic rings. The monoisotopic (exact) mass is 285 g/mol. The zero-order valence-corrected chi connectivity index (χ0v) is 12.4. The van der Waals surface area contributed by atoms with Crippen LogP contribution in [0.3, 0.4) is 0 Å². The number of oxime groups is 1. The molecular formula is C16H19N3O2. The van der Waals surface area contributed by atoms with Crippen molar-refractivity contribution in [1.82, 2.24) is 4.98 Å². The Kier molecular flexibility index (Phi) is 4.42. The molecule has 0 radical (unpaired) electrons. The minimum absolute atomic E-state index is 0.0282. The Balaban J connectivity index is 2.47. The van der Waals surface area contributed by atoms with Gasteiger partial charge in [-0.05, 0) is 36.6 Å². The summed E-state index contributed by atoms with van der Waals surface area (Å²) in [5, 5.41) is 11.9. The smallest absolute Gasteiger partial charge is 0.230 e. The van der Waals surface area contributed by atoms with E-state index in [1.54, 1.807) is 12.1 Å². The van der Waals surface area contributed by atoms with Gasteiger partial charge in [-0.2, -0.15) is 0 Å². The topological polar surface area (TPSA) is 80.7 Å². The van der Waals surface area contributed by atoms with E-state index in [0.717, 1.165) is 17.0 Å². The Hall–Kier alpha value is -2.56. The first-order valence-corrected chi connectivity index (χ1v) is 6.75. The van der Waals surface area contributed by atoms with Crippen molar-refractivity contribution in [3.63, 3.8) is 0 Å². The molecular weight excluding hydrogens is 266 g/mol. The number of para-hydroxylation sites is 1. The van der Waals surface area contributed by atoms with Gasteiger partial charge in [0.25, 0.3) is 0 Å². The Labute approximate surface area is 124 Å². The van der Waals surface area contributed by atoms with Crippen molar-refractivity contribution in [3.05, 3.63) is 53.2 Å². The molecule has 0 amide bonds. The molecule has 0 bridgehead atoms. The van der Waals surface area contributed by atoms with Crippen LogP contribution in [-0.4, -0.2) is 16.0 Å². The molecule has 0 aliphatic carbocycles. The minimum Gasteiger partial charge on any atom is -0.438 e. The molecule has 0 unspecified atom stereocenters. The molecule has 21 heavy (non-hydrogen) atoms. The van der Waals surface area contributed by atoms with Crippen LogP contribution in [0.5, 0.6) is 11.6 Å². The molecule has 5 heteroatoms. The number of nitrogens with zero attached hydrogens (tertiary/aromatic N) is 2. The summed E-state index contributed by atoms with van der Waals surface area (Å²) >= 11 is 0. The number of aromatic nitrogens is 1. The molecule has 1 aromatic carbocycles. The van der Waals surface area contributed by atoms with Crippen LogP contribution in [0, 0.1) is 6.92 Å². The molecule has 110 valence electrons. The molecule has 0 aliphatic rings. The molecule has 2 rings (SSSR count). The van der Waals surface area contributed by atoms with Gasteiger partial charge >= 0.3 is 0 Å². The van der Waals surface area contributed by atoms with Crippen LogP contribution >= 0.6 is 0 Å². The van der Waals surface area contributed by atoms with Gasteiger partial charge in [0.1, 0.15) is 5.75 Å². The first-order chi connectivity index (χ1) is 10.0. The van der Waals surface area contributed by atoms with Gasteiger partial charge in [0.2, 0.25) is 5.88 Å². The molecule has 1 heterocycles. The van der Waals surface area contributed by atoms with Crippen molar-refractivity contribution in [2.75, 3.05) is 0 Å². The predicted octanol–water partition coefficient (Wildman–Crippen LogP) is 3.40. The molecule has 0 fully saturated rings. The van der Waals surface area contributed by atoms with E-state index in [1.165, 1.54) is 0 Å². The number of ether oxygens (including phenoxy) is 1. The van der Waals surface area contributed by atoms with Gasteiger partial charge in [0.15, 0.2) is 5.84 Å². The van der Waals surface area contributed by atoms with Crippen LogP contribution in [0.2, 0.25) is 0 Å². The van der Waals surface area contributed by atoms with Gasteiger partial charge in [-0.25, -0.2) is 4.98 Å². The fraction of sp³-hybridized carbons (Fsp3) is 0.250. The third-order valence-electron chi connectivity index (χ3n) is 3.13. The second-order valence-corrected chi connectivity index (χ2v) is 5.09. The van der Waals surface area contributed by atoms with Crippen LogP contribution < -0.4 is 10.5 Å². The summed E-state index contributed by atoms with van der Waals surface area (Å²) in [6.45, 7) is 6.05. The van der Waals surface area contributed by atoms with Crippen LogP contribution in [0.25, 0.3) is 0 Å². The fourth-order valence-corrected chi connectivity index (χ4v) is 2.01. The highest BCUT2D eigenvalue weighted by Crippen LogP contribution is 2.31. The third kappa shape index (κ3) is 3.31. The number of pyridine rings is 1. The highest BCUT2D eigenvalue weighted by Gasteiger charge is 2.14. The molecule has 1 aromatic heterocycles. The predicted molar refractivity (Wildman–Crippen MR) is 82.1 cm³/mol. The summed E-state index contributed by atoms with van der Waals surface area (Å²) in [4.78, 5) is 4.34. The van der Waals surface area contributed by atoms with Gasteiger partial charge in [0, 0.05) is 5.69 Å². The van der Waals surface area contributed by atoms with E-state index in [1.807, 2.05) is 31.2 Å². The van der Waals surface area contributed by atoms with Gasteiger partial charge in [-0.15, -0.1) is 0 Å². The number of benzene rings is 1. The first-order valence-electron chi connectivity index (χ1n) is 6.75. The van der Waals surface area contributed by atoms with E-state index >= 15 is 0 Å². The Morgan fingerprint density at radius 2 is 1.95 bits per heavy atom. The van der Waals surface area contributed by atoms with Crippen molar-refractivity contribution in [3.8, 4) is 11.6 Å². The molecule has 0 aliphatic heterocycles. The van der Waals surface area contributed by atoms with E-state index in [-0.39, 0.29) is 5.84 Å². The second kappa shape index (κ2) is 6.26. The summed E-state index contributed by atoms with van der Waals surface area (Å²) < 4.78 is 5.92. The largest absolute Gasteiger partial charge is 0.438 e. The summed E-state index contributed by atoms with van der Waals surface area (Å²) in [6, 6.07) is 11.3. The lowest BCUT2D eigenvalue weighted by molar-refractivity contribution is 0.318. The molecule has 3 N–H and O–H groups in total. The molecule has 5 nitrogen and oxygen atoms in total. The Morgan fingerprint density at radius 3 is 2.62 bits per heavy atom. The third-order valence-corrected chi connectivity index (χ3v) is 3.13. The van der Waals surface area contributed by atoms with Crippen LogP contribution in [-0.2, 0) is 0 Å².